The average molecular weight is 479 g/mol. The number of rotatable bonds is 8. The van der Waals surface area contributed by atoms with Crippen LogP contribution in [0.25, 0.3) is 0 Å². The quantitative estimate of drug-likeness (QED) is 0.480. The molecule has 3 aromatic carbocycles. The van der Waals surface area contributed by atoms with Crippen molar-refractivity contribution in [2.75, 3.05) is 24.5 Å². The Morgan fingerprint density at radius 1 is 1.00 bits per heavy atom. The molecule has 0 radical (unpaired) electrons. The molecule has 1 atom stereocenters. The maximum absolute atomic E-state index is 12.9. The van der Waals surface area contributed by atoms with Gasteiger partial charge in [0.25, 0.3) is 15.9 Å². The smallest absolute Gasteiger partial charge is 0.264 e. The Labute approximate surface area is 201 Å². The Hall–Kier alpha value is -3.32. The van der Waals surface area contributed by atoms with Gasteiger partial charge in [0.2, 0.25) is 0 Å². The van der Waals surface area contributed by atoms with Crippen molar-refractivity contribution in [1.82, 2.24) is 4.90 Å². The second kappa shape index (κ2) is 10.3. The van der Waals surface area contributed by atoms with Crippen molar-refractivity contribution >= 4 is 21.6 Å². The topological polar surface area (TPSA) is 66.9 Å². The van der Waals surface area contributed by atoms with Crippen LogP contribution in [0.5, 0.6) is 5.75 Å². The zero-order valence-electron chi connectivity index (χ0n) is 19.6. The predicted octanol–water partition coefficient (Wildman–Crippen LogP) is 4.43. The van der Waals surface area contributed by atoms with Gasteiger partial charge in [0.05, 0.1) is 10.6 Å². The van der Waals surface area contributed by atoms with Crippen molar-refractivity contribution in [2.24, 2.45) is 0 Å². The van der Waals surface area contributed by atoms with Gasteiger partial charge in [-0.15, -0.1) is 0 Å². The summed E-state index contributed by atoms with van der Waals surface area (Å²) in [5.41, 5.74) is 2.74. The second-order valence-electron chi connectivity index (χ2n) is 8.64. The molecule has 0 spiro atoms. The number of carbonyl (C=O) groups is 1. The van der Waals surface area contributed by atoms with Crippen LogP contribution in [0.3, 0.4) is 0 Å². The van der Waals surface area contributed by atoms with Gasteiger partial charge in [-0.1, -0.05) is 48.0 Å². The van der Waals surface area contributed by atoms with Gasteiger partial charge in [-0.2, -0.15) is 0 Å². The van der Waals surface area contributed by atoms with E-state index in [1.54, 1.807) is 48.5 Å². The van der Waals surface area contributed by atoms with Gasteiger partial charge in [0.15, 0.2) is 6.61 Å². The van der Waals surface area contributed by atoms with Crippen molar-refractivity contribution in [3.8, 4) is 5.75 Å². The zero-order valence-corrected chi connectivity index (χ0v) is 20.4. The fraction of sp³-hybridized carbons (Fsp3) is 0.296. The molecule has 0 N–H and O–H groups in total. The summed E-state index contributed by atoms with van der Waals surface area (Å²) in [6.07, 6.45) is 2.85. The summed E-state index contributed by atoms with van der Waals surface area (Å²) in [7, 11) is -2.14. The van der Waals surface area contributed by atoms with Gasteiger partial charge in [-0.3, -0.25) is 9.10 Å². The molecule has 178 valence electrons. The summed E-state index contributed by atoms with van der Waals surface area (Å²) in [5, 5.41) is 0. The van der Waals surface area contributed by atoms with Gasteiger partial charge >= 0.3 is 0 Å². The van der Waals surface area contributed by atoms with Crippen LogP contribution >= 0.6 is 0 Å². The highest BCUT2D eigenvalue weighted by atomic mass is 32.2. The molecular weight excluding hydrogens is 448 g/mol. The fourth-order valence-electron chi connectivity index (χ4n) is 4.25. The third kappa shape index (κ3) is 5.42. The second-order valence-corrected chi connectivity index (χ2v) is 10.6. The fourth-order valence-corrected chi connectivity index (χ4v) is 5.45. The van der Waals surface area contributed by atoms with Crippen molar-refractivity contribution in [3.63, 3.8) is 0 Å². The van der Waals surface area contributed by atoms with E-state index < -0.39 is 10.0 Å². The van der Waals surface area contributed by atoms with E-state index in [9.17, 15) is 13.2 Å². The minimum atomic E-state index is -3.66. The summed E-state index contributed by atoms with van der Waals surface area (Å²) >= 11 is 0. The number of aryl methyl sites for hydroxylation is 1. The number of nitrogens with zero attached hydrogens (tertiary/aromatic N) is 2. The van der Waals surface area contributed by atoms with E-state index in [0.29, 0.717) is 11.4 Å². The van der Waals surface area contributed by atoms with Crippen LogP contribution in [0.1, 0.15) is 24.0 Å². The molecule has 1 unspecified atom stereocenters. The van der Waals surface area contributed by atoms with Gasteiger partial charge < -0.3 is 9.64 Å². The lowest BCUT2D eigenvalue weighted by Gasteiger charge is -2.25. The molecule has 0 aliphatic carbocycles. The third-order valence-corrected chi connectivity index (χ3v) is 8.05. The monoisotopic (exact) mass is 478 g/mol. The van der Waals surface area contributed by atoms with E-state index >= 15 is 0 Å². The molecule has 1 saturated heterocycles. The van der Waals surface area contributed by atoms with Crippen LogP contribution < -0.4 is 9.04 Å². The first-order valence-electron chi connectivity index (χ1n) is 11.5. The molecule has 7 heteroatoms. The summed E-state index contributed by atoms with van der Waals surface area (Å²) in [6.45, 7) is 2.62. The largest absolute Gasteiger partial charge is 0.484 e. The molecule has 3 aromatic rings. The molecule has 34 heavy (non-hydrogen) atoms. The summed E-state index contributed by atoms with van der Waals surface area (Å²) in [4.78, 5) is 15.0. The highest BCUT2D eigenvalue weighted by Crippen LogP contribution is 2.25. The number of hydrogen-bond donors (Lipinski definition) is 0. The van der Waals surface area contributed by atoms with Gasteiger partial charge in [-0.25, -0.2) is 8.42 Å². The first-order chi connectivity index (χ1) is 16.3. The molecule has 0 saturated carbocycles. The van der Waals surface area contributed by atoms with E-state index in [1.165, 1.54) is 16.9 Å². The number of hydrogen-bond acceptors (Lipinski definition) is 4. The normalized spacial score (nSPS) is 15.8. The highest BCUT2D eigenvalue weighted by molar-refractivity contribution is 7.92. The highest BCUT2D eigenvalue weighted by Gasteiger charge is 2.29. The van der Waals surface area contributed by atoms with Crippen LogP contribution in [0.15, 0.2) is 83.8 Å². The molecule has 6 nitrogen and oxygen atoms in total. The van der Waals surface area contributed by atoms with Crippen molar-refractivity contribution in [2.45, 2.75) is 37.1 Å². The Morgan fingerprint density at radius 3 is 2.35 bits per heavy atom. The molecule has 1 fully saturated rings. The lowest BCUT2D eigenvalue weighted by atomic mass is 10.0. The van der Waals surface area contributed by atoms with Gasteiger partial charge in [0.1, 0.15) is 5.75 Å². The predicted molar refractivity (Wildman–Crippen MR) is 134 cm³/mol. The van der Waals surface area contributed by atoms with E-state index in [2.05, 4.69) is 12.1 Å². The first-order valence-corrected chi connectivity index (χ1v) is 12.9. The van der Waals surface area contributed by atoms with Gasteiger partial charge in [0, 0.05) is 19.6 Å². The number of carbonyl (C=O) groups excluding carboxylic acids is 1. The SMILES string of the molecule is Cc1ccc(S(=O)(=O)N(C)c2ccc(OCC(=O)N3CCCC3Cc3ccccc3)cc2)cc1. The number of benzene rings is 3. The van der Waals surface area contributed by atoms with Crippen LogP contribution in [0.2, 0.25) is 0 Å². The van der Waals surface area contributed by atoms with Crippen LogP contribution in [-0.2, 0) is 21.2 Å². The first kappa shape index (κ1) is 23.8. The minimum Gasteiger partial charge on any atom is -0.484 e. The lowest BCUT2D eigenvalue weighted by Crippen LogP contribution is -2.39. The van der Waals surface area contributed by atoms with E-state index in [-0.39, 0.29) is 23.5 Å². The van der Waals surface area contributed by atoms with Crippen molar-refractivity contribution in [3.05, 3.63) is 90.0 Å². The Kier molecular flexibility index (Phi) is 7.22. The Morgan fingerprint density at radius 2 is 1.68 bits per heavy atom. The van der Waals surface area contributed by atoms with E-state index in [4.69, 9.17) is 4.74 Å². The maximum atomic E-state index is 12.9. The van der Waals surface area contributed by atoms with Crippen LogP contribution in [-0.4, -0.2) is 45.5 Å². The Balaban J connectivity index is 1.35. The van der Waals surface area contributed by atoms with Crippen LogP contribution in [0, 0.1) is 6.92 Å². The standard InChI is InChI=1S/C27H30N2O4S/c1-21-10-16-26(17-11-21)34(31,32)28(2)23-12-14-25(15-13-23)33-20-27(30)29-18-6-9-24(29)19-22-7-4-3-5-8-22/h3-5,7-8,10-17,24H,6,9,18-20H2,1-2H3. The number of amides is 1. The summed E-state index contributed by atoms with van der Waals surface area (Å²) in [5.74, 6) is 0.499. The third-order valence-electron chi connectivity index (χ3n) is 6.25. The molecule has 0 bridgehead atoms. The molecular formula is C27H30N2O4S. The van der Waals surface area contributed by atoms with E-state index in [0.717, 1.165) is 31.4 Å². The molecule has 1 amide bonds. The lowest BCUT2D eigenvalue weighted by molar-refractivity contribution is -0.134. The molecule has 1 heterocycles. The van der Waals surface area contributed by atoms with Crippen molar-refractivity contribution in [1.29, 1.82) is 0 Å². The van der Waals surface area contributed by atoms with Crippen molar-refractivity contribution < 1.29 is 17.9 Å². The number of sulfonamides is 1. The van der Waals surface area contributed by atoms with Gasteiger partial charge in [-0.05, 0) is 68.1 Å². The number of likely N-dealkylation sites (tertiary alicyclic amines) is 1. The number of ether oxygens (including phenoxy) is 1. The van der Waals surface area contributed by atoms with E-state index in [1.807, 2.05) is 30.0 Å². The Bertz CT molecular complexity index is 1210. The molecule has 1 aliphatic heterocycles. The zero-order chi connectivity index (χ0) is 24.1. The maximum Gasteiger partial charge on any atom is 0.264 e. The molecule has 4 rings (SSSR count). The minimum absolute atomic E-state index is 0.0263. The van der Waals surface area contributed by atoms with Crippen LogP contribution in [0.4, 0.5) is 5.69 Å². The summed E-state index contributed by atoms with van der Waals surface area (Å²) < 4.78 is 32.8. The number of anilines is 1. The average Bonchev–Trinajstić information content (AvgIpc) is 3.31. The summed E-state index contributed by atoms with van der Waals surface area (Å²) in [6, 6.07) is 23.9. The molecule has 0 aromatic heterocycles. The molecule has 1 aliphatic rings.